The largest absolute Gasteiger partial charge is 0.396 e. The van der Waals surface area contributed by atoms with Crippen molar-refractivity contribution in [2.24, 2.45) is 10.9 Å². The van der Waals surface area contributed by atoms with Gasteiger partial charge in [-0.05, 0) is 75.1 Å². The summed E-state index contributed by atoms with van der Waals surface area (Å²) in [4.78, 5) is 20.1. The van der Waals surface area contributed by atoms with E-state index in [1.54, 1.807) is 0 Å². The van der Waals surface area contributed by atoms with E-state index in [1.165, 1.54) is 32.0 Å². The summed E-state index contributed by atoms with van der Waals surface area (Å²) in [5, 5.41) is 24.9. The van der Waals surface area contributed by atoms with Gasteiger partial charge < -0.3 is 21.3 Å². The molecule has 1 aliphatic rings. The number of benzene rings is 2. The number of alkyl halides is 2. The van der Waals surface area contributed by atoms with Crippen LogP contribution in [0.4, 0.5) is 27.6 Å². The van der Waals surface area contributed by atoms with E-state index < -0.39 is 59.3 Å². The third-order valence-corrected chi connectivity index (χ3v) is 6.70. The van der Waals surface area contributed by atoms with Crippen LogP contribution in [0, 0.1) is 23.4 Å². The smallest absolute Gasteiger partial charge is 0.331 e. The van der Waals surface area contributed by atoms with Crippen LogP contribution in [0.1, 0.15) is 53.9 Å². The number of nitrogens with two attached hydrogens (primary N) is 1. The lowest BCUT2D eigenvalue weighted by atomic mass is 9.87. The summed E-state index contributed by atoms with van der Waals surface area (Å²) in [6, 6.07) is 7.95. The predicted octanol–water partition coefficient (Wildman–Crippen LogP) is 4.64. The number of anilines is 1. The van der Waals surface area contributed by atoms with E-state index >= 15 is 4.39 Å². The highest BCUT2D eigenvalue weighted by molar-refractivity contribution is 5.98. The van der Waals surface area contributed by atoms with Crippen molar-refractivity contribution in [2.75, 3.05) is 12.3 Å². The molecule has 0 radical (unpaired) electrons. The second-order valence-corrected chi connectivity index (χ2v) is 10.2. The van der Waals surface area contributed by atoms with Crippen molar-refractivity contribution in [2.45, 2.75) is 44.4 Å². The Morgan fingerprint density at radius 1 is 1.15 bits per heavy atom. The number of rotatable bonds is 9. The molecule has 0 saturated heterocycles. The maximum atomic E-state index is 15.5. The molecule has 0 spiro atoms. The van der Waals surface area contributed by atoms with Gasteiger partial charge in [0, 0.05) is 28.5 Å². The molecule has 1 amide bonds. The zero-order valence-corrected chi connectivity index (χ0v) is 21.6. The zero-order valence-electron chi connectivity index (χ0n) is 21.6. The van der Waals surface area contributed by atoms with Gasteiger partial charge in [0.15, 0.2) is 5.82 Å². The number of aliphatic imine (C=N–C) groups is 1. The van der Waals surface area contributed by atoms with E-state index in [1.807, 2.05) is 0 Å². The van der Waals surface area contributed by atoms with Crippen molar-refractivity contribution >= 4 is 17.8 Å². The van der Waals surface area contributed by atoms with Gasteiger partial charge in [0.1, 0.15) is 22.9 Å². The van der Waals surface area contributed by atoms with Gasteiger partial charge in [-0.15, -0.1) is 0 Å². The number of halogens is 5. The first kappa shape index (κ1) is 29.1. The summed E-state index contributed by atoms with van der Waals surface area (Å²) < 4.78 is 68.3. The molecule has 4 rings (SSSR count). The summed E-state index contributed by atoms with van der Waals surface area (Å²) in [6.45, 7) is -0.793. The fourth-order valence-corrected chi connectivity index (χ4v) is 4.33. The Labute approximate surface area is 226 Å². The first-order valence-corrected chi connectivity index (χ1v) is 12.3. The van der Waals surface area contributed by atoms with E-state index in [4.69, 9.17) is 5.73 Å². The Kier molecular flexibility index (Phi) is 7.95. The highest BCUT2D eigenvalue weighted by Crippen LogP contribution is 2.46. The number of hydrogen-bond acceptors (Lipinski definition) is 6. The summed E-state index contributed by atoms with van der Waals surface area (Å²) >= 11 is 0. The highest BCUT2D eigenvalue weighted by atomic mass is 19.3. The fraction of sp³-hybridized carbons (Fsp3) is 0.321. The van der Waals surface area contributed by atoms with E-state index in [-0.39, 0.29) is 33.6 Å². The number of nitrogen functional groups attached to an aromatic ring is 1. The number of amides is 1. The molecular weight excluding hydrogens is 535 g/mol. The molecule has 1 fully saturated rings. The van der Waals surface area contributed by atoms with Crippen LogP contribution < -0.4 is 11.1 Å². The predicted molar refractivity (Wildman–Crippen MR) is 138 cm³/mol. The van der Waals surface area contributed by atoms with Gasteiger partial charge in [-0.3, -0.25) is 4.79 Å². The van der Waals surface area contributed by atoms with Crippen LogP contribution in [0.3, 0.4) is 0 Å². The third-order valence-electron chi connectivity index (χ3n) is 6.70. The van der Waals surface area contributed by atoms with Gasteiger partial charge >= 0.3 is 6.55 Å². The number of aromatic nitrogens is 1. The number of carbonyl (C=O) groups excluding carboxylic acids is 1. The van der Waals surface area contributed by atoms with Gasteiger partial charge in [-0.25, -0.2) is 23.1 Å². The number of nitrogens with zero attached hydrogens (tertiary/aromatic N) is 2. The van der Waals surface area contributed by atoms with Crippen LogP contribution in [0.5, 0.6) is 0 Å². The second-order valence-electron chi connectivity index (χ2n) is 10.2. The molecule has 1 atom stereocenters. The third kappa shape index (κ3) is 6.13. The number of carbonyl (C=O) groups is 1. The van der Waals surface area contributed by atoms with Gasteiger partial charge in [0.25, 0.3) is 5.91 Å². The van der Waals surface area contributed by atoms with E-state index in [0.717, 1.165) is 24.3 Å². The van der Waals surface area contributed by atoms with Crippen LogP contribution >= 0.6 is 0 Å². The molecule has 1 aliphatic carbocycles. The Bertz CT molecular complexity index is 1450. The van der Waals surface area contributed by atoms with Crippen molar-refractivity contribution < 1.29 is 37.0 Å². The maximum absolute atomic E-state index is 15.5. The van der Waals surface area contributed by atoms with Gasteiger partial charge in [-0.1, -0.05) is 0 Å². The van der Waals surface area contributed by atoms with Crippen LogP contribution in [0.25, 0.3) is 11.3 Å². The van der Waals surface area contributed by atoms with Crippen LogP contribution in [-0.4, -0.2) is 40.4 Å². The molecule has 5 N–H and O–H groups in total. The summed E-state index contributed by atoms with van der Waals surface area (Å²) in [5.41, 5.74) is 0.827. The number of pyridine rings is 1. The zero-order chi connectivity index (χ0) is 29.4. The summed E-state index contributed by atoms with van der Waals surface area (Å²) in [6.07, 6.45) is 1.76. The van der Waals surface area contributed by atoms with E-state index in [9.17, 15) is 32.6 Å². The van der Waals surface area contributed by atoms with Crippen molar-refractivity contribution in [3.05, 3.63) is 82.3 Å². The van der Waals surface area contributed by atoms with Gasteiger partial charge in [0.05, 0.1) is 23.5 Å². The summed E-state index contributed by atoms with van der Waals surface area (Å²) in [7, 11) is 0. The first-order valence-electron chi connectivity index (χ1n) is 12.3. The molecule has 1 aromatic heterocycles. The van der Waals surface area contributed by atoms with Crippen LogP contribution in [0.15, 0.2) is 47.5 Å². The van der Waals surface area contributed by atoms with Crippen molar-refractivity contribution in [1.82, 2.24) is 10.3 Å². The molecule has 7 nitrogen and oxygen atoms in total. The molecule has 3 aromatic rings. The minimum Gasteiger partial charge on any atom is -0.396 e. The van der Waals surface area contributed by atoms with Crippen molar-refractivity contribution in [1.29, 1.82) is 0 Å². The Hall–Kier alpha value is -3.90. The molecule has 212 valence electrons. The molecule has 2 aromatic carbocycles. The number of aliphatic hydroxyl groups is 2. The quantitative estimate of drug-likeness (QED) is 0.131. The molecular formula is C28H27F5N4O3. The normalized spacial score (nSPS) is 15.4. The molecule has 0 bridgehead atoms. The lowest BCUT2D eigenvalue weighted by Gasteiger charge is -2.30. The lowest BCUT2D eigenvalue weighted by Crippen LogP contribution is -2.43. The standard InChI is InChI=1S/C28H27F5N4O3/c1-27(2,39)19-11-21(37-24(22(19)31)14-3-7-18(29)8-4-14)28(40,17-5-6-17)13-36-25(38)15-9-16(12-35-26(32)33)23(34)20(30)10-15/h3-4,7-12,17,26,39-40H,5-6,13,34H2,1-2H3,(H,36,38)/b35-12+/t28-/m1/s1. The average Bonchev–Trinajstić information content (AvgIpc) is 3.74. The molecule has 0 aliphatic heterocycles. The topological polar surface area (TPSA) is 121 Å². The van der Waals surface area contributed by atoms with Crippen molar-refractivity contribution in [3.8, 4) is 11.3 Å². The Morgan fingerprint density at radius 3 is 2.38 bits per heavy atom. The average molecular weight is 563 g/mol. The molecule has 0 unspecified atom stereocenters. The first-order chi connectivity index (χ1) is 18.7. The van der Waals surface area contributed by atoms with Crippen LogP contribution in [-0.2, 0) is 11.2 Å². The lowest BCUT2D eigenvalue weighted by molar-refractivity contribution is 0.00863. The number of hydrogen-bond donors (Lipinski definition) is 4. The number of nitrogens with one attached hydrogen (secondary N) is 1. The second kappa shape index (κ2) is 10.9. The molecule has 12 heteroatoms. The van der Waals surface area contributed by atoms with Gasteiger partial charge in [-0.2, -0.15) is 8.78 Å². The SMILES string of the molecule is CC(C)(O)c1cc([C@@](O)(CNC(=O)c2cc(F)c(N)c(/C=N/C(F)F)c2)C2CC2)nc(-c2ccc(F)cc2)c1F. The van der Waals surface area contributed by atoms with E-state index in [2.05, 4.69) is 15.3 Å². The highest BCUT2D eigenvalue weighted by Gasteiger charge is 2.47. The Morgan fingerprint density at radius 2 is 1.80 bits per heavy atom. The van der Waals surface area contributed by atoms with E-state index in [0.29, 0.717) is 19.1 Å². The monoisotopic (exact) mass is 562 g/mol. The van der Waals surface area contributed by atoms with Crippen molar-refractivity contribution in [3.63, 3.8) is 0 Å². The molecule has 40 heavy (non-hydrogen) atoms. The molecule has 1 heterocycles. The summed E-state index contributed by atoms with van der Waals surface area (Å²) in [5.74, 6) is -3.69. The fourth-order valence-electron chi connectivity index (χ4n) is 4.33. The molecule has 1 saturated carbocycles. The van der Waals surface area contributed by atoms with Crippen LogP contribution in [0.2, 0.25) is 0 Å². The minimum atomic E-state index is -3.06. The maximum Gasteiger partial charge on any atom is 0.331 e. The minimum absolute atomic E-state index is 0.0404. The van der Waals surface area contributed by atoms with Gasteiger partial charge in [0.2, 0.25) is 0 Å². The Balaban J connectivity index is 1.71.